The molecule has 1 unspecified atom stereocenters. The third-order valence-electron chi connectivity index (χ3n) is 3.78. The first kappa shape index (κ1) is 17.7. The number of sulfone groups is 1. The van der Waals surface area contributed by atoms with E-state index in [9.17, 15) is 13.2 Å². The first-order chi connectivity index (χ1) is 10.9. The van der Waals surface area contributed by atoms with Crippen LogP contribution in [0.2, 0.25) is 0 Å². The maximum atomic E-state index is 12.3. The first-order valence-electron chi connectivity index (χ1n) is 7.75. The minimum Gasteiger partial charge on any atom is -0.395 e. The number of nitrogens with one attached hydrogen (secondary N) is 1. The summed E-state index contributed by atoms with van der Waals surface area (Å²) < 4.78 is 28.3. The predicted molar refractivity (Wildman–Crippen MR) is 83.6 cm³/mol. The molecule has 2 N–H and O–H groups in total. The van der Waals surface area contributed by atoms with Crippen LogP contribution in [0.5, 0.6) is 0 Å². The predicted octanol–water partition coefficient (Wildman–Crippen LogP) is 0.318. The second-order valence-corrected chi connectivity index (χ2v) is 7.90. The topological polar surface area (TPSA) is 113 Å². The summed E-state index contributed by atoms with van der Waals surface area (Å²) in [7, 11) is -3.09. The van der Waals surface area contributed by atoms with E-state index in [2.05, 4.69) is 10.5 Å². The molecule has 0 aromatic carbocycles. The van der Waals surface area contributed by atoms with Gasteiger partial charge in [0.1, 0.15) is 0 Å². The maximum Gasteiger partial charge on any atom is 0.318 e. The van der Waals surface area contributed by atoms with Crippen LogP contribution in [-0.2, 0) is 22.8 Å². The molecule has 2 rings (SSSR count). The molecule has 8 nitrogen and oxygen atoms in total. The summed E-state index contributed by atoms with van der Waals surface area (Å²) in [6, 6.07) is 0.993. The van der Waals surface area contributed by atoms with Gasteiger partial charge in [-0.15, -0.1) is 0 Å². The van der Waals surface area contributed by atoms with Gasteiger partial charge in [0.2, 0.25) is 0 Å². The Morgan fingerprint density at radius 2 is 2.35 bits per heavy atom. The van der Waals surface area contributed by atoms with Crippen molar-refractivity contribution in [1.82, 2.24) is 15.4 Å². The third kappa shape index (κ3) is 4.93. The zero-order chi connectivity index (χ0) is 16.9. The molecule has 0 spiro atoms. The number of rotatable bonds is 7. The fourth-order valence-corrected chi connectivity index (χ4v) is 4.39. The zero-order valence-corrected chi connectivity index (χ0v) is 14.0. The van der Waals surface area contributed by atoms with Crippen molar-refractivity contribution in [2.75, 3.05) is 24.7 Å². The van der Waals surface area contributed by atoms with Crippen molar-refractivity contribution in [2.24, 2.45) is 0 Å². The first-order valence-corrected chi connectivity index (χ1v) is 9.57. The highest BCUT2D eigenvalue weighted by Crippen LogP contribution is 2.18. The molecule has 1 aromatic rings. The number of aromatic nitrogens is 1. The van der Waals surface area contributed by atoms with E-state index in [0.717, 1.165) is 18.5 Å². The lowest BCUT2D eigenvalue weighted by molar-refractivity contribution is 0.156. The summed E-state index contributed by atoms with van der Waals surface area (Å²) in [5.74, 6) is 0.573. The van der Waals surface area contributed by atoms with Gasteiger partial charge in [0.05, 0.1) is 30.4 Å². The van der Waals surface area contributed by atoms with E-state index >= 15 is 0 Å². The highest BCUT2D eigenvalue weighted by atomic mass is 32.2. The summed E-state index contributed by atoms with van der Waals surface area (Å²) in [5, 5.41) is 15.7. The Balaban J connectivity index is 1.92. The molecule has 0 radical (unpaired) electrons. The number of aryl methyl sites for hydroxylation is 1. The van der Waals surface area contributed by atoms with Crippen LogP contribution >= 0.6 is 0 Å². The van der Waals surface area contributed by atoms with E-state index in [-0.39, 0.29) is 31.2 Å². The third-order valence-corrected chi connectivity index (χ3v) is 5.53. The van der Waals surface area contributed by atoms with E-state index in [0.29, 0.717) is 12.2 Å². The van der Waals surface area contributed by atoms with Crippen LogP contribution in [-0.4, -0.2) is 60.3 Å². The second kappa shape index (κ2) is 7.78. The summed E-state index contributed by atoms with van der Waals surface area (Å²) in [5.41, 5.74) is 0.839. The van der Waals surface area contributed by atoms with Crippen LogP contribution in [0.4, 0.5) is 4.79 Å². The number of aliphatic hydroxyl groups is 1. The minimum atomic E-state index is -3.09. The van der Waals surface area contributed by atoms with Gasteiger partial charge in [0, 0.05) is 18.7 Å². The van der Waals surface area contributed by atoms with E-state index in [1.807, 2.05) is 6.92 Å². The molecule has 1 aromatic heterocycles. The van der Waals surface area contributed by atoms with E-state index in [1.54, 1.807) is 6.07 Å². The molecule has 1 saturated heterocycles. The van der Waals surface area contributed by atoms with Gasteiger partial charge in [-0.25, -0.2) is 13.2 Å². The number of hydrogen-bond acceptors (Lipinski definition) is 6. The lowest BCUT2D eigenvalue weighted by Gasteiger charge is -2.27. The van der Waals surface area contributed by atoms with E-state index in [1.165, 1.54) is 4.90 Å². The van der Waals surface area contributed by atoms with Gasteiger partial charge in [0.25, 0.3) is 0 Å². The molecule has 23 heavy (non-hydrogen) atoms. The molecule has 1 fully saturated rings. The Morgan fingerprint density at radius 1 is 1.57 bits per heavy atom. The molecule has 130 valence electrons. The number of carbonyl (C=O) groups is 1. The Labute approximate surface area is 135 Å². The van der Waals surface area contributed by atoms with Gasteiger partial charge in [-0.3, -0.25) is 0 Å². The van der Waals surface area contributed by atoms with Crippen molar-refractivity contribution in [1.29, 1.82) is 0 Å². The molecule has 0 aliphatic carbocycles. The Hall–Kier alpha value is -1.61. The monoisotopic (exact) mass is 345 g/mol. The van der Waals surface area contributed by atoms with Crippen molar-refractivity contribution in [3.05, 3.63) is 17.5 Å². The van der Waals surface area contributed by atoms with Gasteiger partial charge >= 0.3 is 6.03 Å². The number of amides is 2. The average Bonchev–Trinajstić information content (AvgIpc) is 3.09. The molecule has 2 amide bonds. The summed E-state index contributed by atoms with van der Waals surface area (Å²) in [6.45, 7) is 2.10. The van der Waals surface area contributed by atoms with Crippen molar-refractivity contribution >= 4 is 15.9 Å². The number of nitrogens with zero attached hydrogens (tertiary/aromatic N) is 2. The number of hydrogen-bond donors (Lipinski definition) is 2. The van der Waals surface area contributed by atoms with Gasteiger partial charge in [-0.05, 0) is 12.8 Å². The van der Waals surface area contributed by atoms with Crippen LogP contribution in [0.3, 0.4) is 0 Å². The zero-order valence-electron chi connectivity index (χ0n) is 13.2. The van der Waals surface area contributed by atoms with Crippen molar-refractivity contribution in [2.45, 2.75) is 38.8 Å². The molecular weight excluding hydrogens is 322 g/mol. The molecule has 0 bridgehead atoms. The Kier molecular flexibility index (Phi) is 6.00. The molecule has 1 atom stereocenters. The van der Waals surface area contributed by atoms with Gasteiger partial charge in [-0.2, -0.15) is 0 Å². The number of urea groups is 1. The molecule has 1 aliphatic heterocycles. The fourth-order valence-electron chi connectivity index (χ4n) is 2.66. The fraction of sp³-hybridized carbons (Fsp3) is 0.714. The SMILES string of the molecule is CCCc1cc(CNC(=O)N(CCO)C2CCS(=O)(=O)C2)on1. The largest absolute Gasteiger partial charge is 0.395 e. The standard InChI is InChI=1S/C14H23N3O5S/c1-2-3-11-8-13(22-16-11)9-15-14(19)17(5-6-18)12-4-7-23(20,21)10-12/h8,12,18H,2-7,9-10H2,1H3,(H,15,19). The van der Waals surface area contributed by atoms with Gasteiger partial charge < -0.3 is 19.8 Å². The highest BCUT2D eigenvalue weighted by molar-refractivity contribution is 7.91. The molecule has 2 heterocycles. The normalized spacial score (nSPS) is 19.7. The molecule has 1 aliphatic rings. The van der Waals surface area contributed by atoms with Crippen molar-refractivity contribution in [3.63, 3.8) is 0 Å². The van der Waals surface area contributed by atoms with Crippen LogP contribution < -0.4 is 5.32 Å². The van der Waals surface area contributed by atoms with E-state index < -0.39 is 21.9 Å². The van der Waals surface area contributed by atoms with Crippen LogP contribution in [0.1, 0.15) is 31.2 Å². The van der Waals surface area contributed by atoms with Crippen LogP contribution in [0.15, 0.2) is 10.6 Å². The summed E-state index contributed by atoms with van der Waals surface area (Å²) in [4.78, 5) is 13.7. The minimum absolute atomic E-state index is 0.0522. The summed E-state index contributed by atoms with van der Waals surface area (Å²) in [6.07, 6.45) is 2.17. The molecule has 0 saturated carbocycles. The average molecular weight is 345 g/mol. The summed E-state index contributed by atoms with van der Waals surface area (Å²) >= 11 is 0. The second-order valence-electron chi connectivity index (χ2n) is 5.67. The quantitative estimate of drug-likeness (QED) is 0.736. The van der Waals surface area contributed by atoms with Crippen molar-refractivity contribution < 1.29 is 22.8 Å². The van der Waals surface area contributed by atoms with Crippen LogP contribution in [0.25, 0.3) is 0 Å². The lowest BCUT2D eigenvalue weighted by Crippen LogP contribution is -2.47. The molecular formula is C14H23N3O5S. The number of carbonyl (C=O) groups excluding carboxylic acids is 1. The van der Waals surface area contributed by atoms with Crippen molar-refractivity contribution in [3.8, 4) is 0 Å². The van der Waals surface area contributed by atoms with Crippen LogP contribution in [0, 0.1) is 0 Å². The van der Waals surface area contributed by atoms with Gasteiger partial charge in [-0.1, -0.05) is 18.5 Å². The Morgan fingerprint density at radius 3 is 2.96 bits per heavy atom. The highest BCUT2D eigenvalue weighted by Gasteiger charge is 2.34. The van der Waals surface area contributed by atoms with Gasteiger partial charge in [0.15, 0.2) is 15.6 Å². The molecule has 9 heteroatoms. The smallest absolute Gasteiger partial charge is 0.318 e. The maximum absolute atomic E-state index is 12.3. The Bertz CT molecular complexity index is 628. The number of aliphatic hydroxyl groups excluding tert-OH is 1. The van der Waals surface area contributed by atoms with E-state index in [4.69, 9.17) is 9.63 Å². The lowest BCUT2D eigenvalue weighted by atomic mass is 10.2.